The van der Waals surface area contributed by atoms with Gasteiger partial charge in [-0.05, 0) is 32.1 Å². The summed E-state index contributed by atoms with van der Waals surface area (Å²) in [5.74, 6) is 0.246. The van der Waals surface area contributed by atoms with E-state index in [-0.39, 0.29) is 24.5 Å². The van der Waals surface area contributed by atoms with Crippen molar-refractivity contribution in [1.29, 1.82) is 0 Å². The molecule has 22 heavy (non-hydrogen) atoms. The second kappa shape index (κ2) is 6.75. The Morgan fingerprint density at radius 3 is 2.64 bits per heavy atom. The number of nitrogens with one attached hydrogen (secondary N) is 1. The van der Waals surface area contributed by atoms with Crippen LogP contribution in [0.1, 0.15) is 39.0 Å². The molecule has 2 aliphatic rings. The molecule has 3 atom stereocenters. The molecule has 0 bridgehead atoms. The van der Waals surface area contributed by atoms with Gasteiger partial charge in [0.25, 0.3) is 0 Å². The van der Waals surface area contributed by atoms with Crippen LogP contribution in [0.25, 0.3) is 0 Å². The highest BCUT2D eigenvalue weighted by Gasteiger charge is 2.42. The summed E-state index contributed by atoms with van der Waals surface area (Å²) in [4.78, 5) is 25.2. The van der Waals surface area contributed by atoms with E-state index < -0.39 is 18.9 Å². The highest BCUT2D eigenvalue weighted by Crippen LogP contribution is 2.39. The second-order valence-electron chi connectivity index (χ2n) is 6.04. The van der Waals surface area contributed by atoms with Crippen LogP contribution in [0.15, 0.2) is 0 Å². The van der Waals surface area contributed by atoms with Crippen LogP contribution >= 0.6 is 0 Å². The van der Waals surface area contributed by atoms with Crippen LogP contribution in [0.2, 0.25) is 0 Å². The van der Waals surface area contributed by atoms with Crippen LogP contribution in [0.4, 0.5) is 18.0 Å². The van der Waals surface area contributed by atoms with Gasteiger partial charge in [0.1, 0.15) is 6.54 Å². The molecule has 126 valence electrons. The highest BCUT2D eigenvalue weighted by molar-refractivity contribution is 5.83. The summed E-state index contributed by atoms with van der Waals surface area (Å²) in [5.41, 5.74) is 0. The van der Waals surface area contributed by atoms with Crippen molar-refractivity contribution in [3.8, 4) is 0 Å². The van der Waals surface area contributed by atoms with Gasteiger partial charge in [0.15, 0.2) is 6.61 Å². The van der Waals surface area contributed by atoms with E-state index in [2.05, 4.69) is 10.1 Å². The average molecular weight is 322 g/mol. The van der Waals surface area contributed by atoms with Crippen LogP contribution in [0.3, 0.4) is 0 Å². The number of nitrogens with zero attached hydrogens (tertiary/aromatic N) is 1. The average Bonchev–Trinajstić information content (AvgIpc) is 2.77. The summed E-state index contributed by atoms with van der Waals surface area (Å²) >= 11 is 0. The van der Waals surface area contributed by atoms with Crippen molar-refractivity contribution >= 4 is 12.0 Å². The van der Waals surface area contributed by atoms with E-state index in [9.17, 15) is 22.8 Å². The summed E-state index contributed by atoms with van der Waals surface area (Å²) in [5, 5.41) is 2.10. The first kappa shape index (κ1) is 16.9. The van der Waals surface area contributed by atoms with Gasteiger partial charge >= 0.3 is 12.3 Å². The van der Waals surface area contributed by atoms with Gasteiger partial charge in [-0.15, -0.1) is 0 Å². The predicted octanol–water partition coefficient (Wildman–Crippen LogP) is 2.45. The normalized spacial score (nSPS) is 28.2. The van der Waals surface area contributed by atoms with Crippen molar-refractivity contribution in [2.75, 3.05) is 13.2 Å². The highest BCUT2D eigenvalue weighted by atomic mass is 19.4. The molecule has 0 unspecified atom stereocenters. The zero-order chi connectivity index (χ0) is 16.3. The first-order chi connectivity index (χ1) is 10.3. The minimum absolute atomic E-state index is 0.105. The van der Waals surface area contributed by atoms with Gasteiger partial charge < -0.3 is 15.0 Å². The van der Waals surface area contributed by atoms with Crippen LogP contribution in [-0.2, 0) is 9.53 Å². The summed E-state index contributed by atoms with van der Waals surface area (Å²) in [6.45, 7) is -0.0136. The molecular formula is C14H21F3N2O3. The topological polar surface area (TPSA) is 58.6 Å². The first-order valence-corrected chi connectivity index (χ1v) is 7.56. The summed E-state index contributed by atoms with van der Waals surface area (Å²) in [6, 6.07) is 0.304. The smallest absolute Gasteiger partial charge is 0.422 e. The molecule has 0 aromatic rings. The van der Waals surface area contributed by atoms with Gasteiger partial charge in [-0.1, -0.05) is 12.8 Å². The molecule has 2 rings (SSSR count). The van der Waals surface area contributed by atoms with Crippen molar-refractivity contribution in [2.45, 2.75) is 57.3 Å². The number of carbonyl (C=O) groups is 2. The number of halogens is 3. The van der Waals surface area contributed by atoms with E-state index in [4.69, 9.17) is 0 Å². The lowest BCUT2D eigenvalue weighted by atomic mass is 9.85. The van der Waals surface area contributed by atoms with E-state index in [1.807, 2.05) is 6.92 Å². The summed E-state index contributed by atoms with van der Waals surface area (Å²) < 4.78 is 39.8. The number of fused-ring (bicyclic) bond motifs is 1. The van der Waals surface area contributed by atoms with Gasteiger partial charge in [0, 0.05) is 12.1 Å². The molecule has 1 aliphatic heterocycles. The maximum Gasteiger partial charge on any atom is 0.422 e. The lowest BCUT2D eigenvalue weighted by Gasteiger charge is -2.33. The summed E-state index contributed by atoms with van der Waals surface area (Å²) in [6.07, 6.45) is -0.511. The summed E-state index contributed by atoms with van der Waals surface area (Å²) in [7, 11) is 0. The number of likely N-dealkylation sites (tertiary alicyclic amines) is 1. The molecule has 0 aromatic carbocycles. The van der Waals surface area contributed by atoms with E-state index >= 15 is 0 Å². The number of ether oxygens (including phenoxy) is 1. The van der Waals surface area contributed by atoms with Crippen LogP contribution in [-0.4, -0.2) is 48.3 Å². The third-order valence-electron chi connectivity index (χ3n) is 4.38. The van der Waals surface area contributed by atoms with E-state index in [0.29, 0.717) is 5.92 Å². The first-order valence-electron chi connectivity index (χ1n) is 7.56. The van der Waals surface area contributed by atoms with Gasteiger partial charge in [0.05, 0.1) is 0 Å². The van der Waals surface area contributed by atoms with Gasteiger partial charge in [-0.25, -0.2) is 4.79 Å². The molecule has 0 aromatic heterocycles. The SMILES string of the molecule is C[C@@H]1C[C@H]2CCCC[C@@H]2N1C(=O)CNC(=O)OCC(F)(F)F. The molecule has 1 heterocycles. The molecule has 2 amide bonds. The number of amides is 2. The van der Waals surface area contributed by atoms with Crippen molar-refractivity contribution < 1.29 is 27.5 Å². The molecule has 1 saturated carbocycles. The van der Waals surface area contributed by atoms with Gasteiger partial charge in [0.2, 0.25) is 5.91 Å². The number of rotatable bonds is 3. The fourth-order valence-electron chi connectivity index (χ4n) is 3.58. The fraction of sp³-hybridized carbons (Fsp3) is 0.857. The molecule has 0 spiro atoms. The minimum Gasteiger partial charge on any atom is -0.440 e. The molecule has 5 nitrogen and oxygen atoms in total. The number of hydrogen-bond acceptors (Lipinski definition) is 3. The monoisotopic (exact) mass is 322 g/mol. The van der Waals surface area contributed by atoms with Crippen molar-refractivity contribution in [3.05, 3.63) is 0 Å². The zero-order valence-electron chi connectivity index (χ0n) is 12.5. The van der Waals surface area contributed by atoms with Gasteiger partial charge in [-0.3, -0.25) is 4.79 Å². The van der Waals surface area contributed by atoms with Gasteiger partial charge in [-0.2, -0.15) is 13.2 Å². The number of carbonyl (C=O) groups excluding carboxylic acids is 2. The lowest BCUT2D eigenvalue weighted by molar-refractivity contribution is -0.160. The molecule has 0 radical (unpaired) electrons. The maximum absolute atomic E-state index is 12.2. The molecule has 1 aliphatic carbocycles. The van der Waals surface area contributed by atoms with Crippen LogP contribution in [0, 0.1) is 5.92 Å². The zero-order valence-corrected chi connectivity index (χ0v) is 12.5. The Hall–Kier alpha value is -1.47. The van der Waals surface area contributed by atoms with E-state index in [0.717, 1.165) is 25.7 Å². The van der Waals surface area contributed by atoms with Crippen molar-refractivity contribution in [3.63, 3.8) is 0 Å². The van der Waals surface area contributed by atoms with E-state index in [1.54, 1.807) is 4.90 Å². The fourth-order valence-corrected chi connectivity index (χ4v) is 3.58. The Balaban J connectivity index is 1.80. The number of hydrogen-bond donors (Lipinski definition) is 1. The van der Waals surface area contributed by atoms with Crippen molar-refractivity contribution in [1.82, 2.24) is 10.2 Å². The standard InChI is InChI=1S/C14H21F3N2O3/c1-9-6-10-4-2-3-5-11(10)19(9)12(20)7-18-13(21)22-8-14(15,16)17/h9-11H,2-8H2,1H3,(H,18,21)/t9-,10-,11+/m1/s1. The maximum atomic E-state index is 12.2. The van der Waals surface area contributed by atoms with Crippen molar-refractivity contribution in [2.24, 2.45) is 5.92 Å². The molecule has 1 N–H and O–H groups in total. The Morgan fingerprint density at radius 1 is 1.27 bits per heavy atom. The van der Waals surface area contributed by atoms with Crippen LogP contribution < -0.4 is 5.32 Å². The third-order valence-corrected chi connectivity index (χ3v) is 4.38. The molecule has 1 saturated heterocycles. The second-order valence-corrected chi connectivity index (χ2v) is 6.04. The minimum atomic E-state index is -4.57. The predicted molar refractivity (Wildman–Crippen MR) is 72.1 cm³/mol. The Morgan fingerprint density at radius 2 is 1.95 bits per heavy atom. The Kier molecular flexibility index (Phi) is 5.18. The quantitative estimate of drug-likeness (QED) is 0.868. The number of alkyl carbamates (subject to hydrolysis) is 1. The number of alkyl halides is 3. The third kappa shape index (κ3) is 4.27. The molecule has 2 fully saturated rings. The largest absolute Gasteiger partial charge is 0.440 e. The molecule has 8 heteroatoms. The van der Waals surface area contributed by atoms with E-state index in [1.165, 1.54) is 6.42 Å². The Bertz CT molecular complexity index is 428. The molecular weight excluding hydrogens is 301 g/mol. The Labute approximate surface area is 127 Å². The van der Waals surface area contributed by atoms with Crippen LogP contribution in [0.5, 0.6) is 0 Å². The lowest BCUT2D eigenvalue weighted by Crippen LogP contribution is -2.47.